The van der Waals surface area contributed by atoms with E-state index in [0.29, 0.717) is 12.1 Å². The predicted molar refractivity (Wildman–Crippen MR) is 103 cm³/mol. The third-order valence-corrected chi connectivity index (χ3v) is 6.31. The molecule has 0 radical (unpaired) electrons. The summed E-state index contributed by atoms with van der Waals surface area (Å²) >= 11 is 0. The molecule has 0 spiro atoms. The number of hydrogen-bond acceptors (Lipinski definition) is 3. The second-order valence-electron chi connectivity index (χ2n) is 8.18. The average molecular weight is 357 g/mol. The minimum absolute atomic E-state index is 0.112. The van der Waals surface area contributed by atoms with E-state index in [1.165, 1.54) is 37.7 Å². The van der Waals surface area contributed by atoms with Gasteiger partial charge < -0.3 is 15.4 Å². The van der Waals surface area contributed by atoms with E-state index in [2.05, 4.69) is 34.7 Å². The molecule has 1 aromatic rings. The first kappa shape index (κ1) is 17.8. The number of rotatable bonds is 5. The van der Waals surface area contributed by atoms with E-state index < -0.39 is 0 Å². The van der Waals surface area contributed by atoms with Crippen molar-refractivity contribution in [2.75, 3.05) is 12.4 Å². The molecule has 2 aliphatic heterocycles. The Bertz CT molecular complexity index is 629. The third-order valence-electron chi connectivity index (χ3n) is 6.31. The number of nitrogens with zero attached hydrogens (tertiary/aromatic N) is 1. The van der Waals surface area contributed by atoms with Crippen LogP contribution in [0.15, 0.2) is 24.3 Å². The fourth-order valence-electron chi connectivity index (χ4n) is 4.82. The molecular weight excluding hydrogens is 326 g/mol. The number of amides is 2. The maximum absolute atomic E-state index is 12.5. The van der Waals surface area contributed by atoms with Crippen LogP contribution in [0.2, 0.25) is 0 Å². The number of urea groups is 1. The van der Waals surface area contributed by atoms with Crippen molar-refractivity contribution in [2.24, 2.45) is 0 Å². The van der Waals surface area contributed by atoms with Gasteiger partial charge in [0.15, 0.2) is 0 Å². The lowest BCUT2D eigenvalue weighted by Gasteiger charge is -2.31. The summed E-state index contributed by atoms with van der Waals surface area (Å²) in [5.74, 6) is 0. The van der Waals surface area contributed by atoms with Gasteiger partial charge in [0, 0.05) is 18.3 Å². The zero-order valence-electron chi connectivity index (χ0n) is 15.7. The molecule has 3 atom stereocenters. The Labute approximate surface area is 156 Å². The highest BCUT2D eigenvalue weighted by atomic mass is 16.5. The van der Waals surface area contributed by atoms with Gasteiger partial charge in [-0.1, -0.05) is 37.5 Å². The molecule has 5 heteroatoms. The Kier molecular flexibility index (Phi) is 5.46. The number of para-hydroxylation sites is 1. The van der Waals surface area contributed by atoms with Gasteiger partial charge in [-0.05, 0) is 50.8 Å². The van der Waals surface area contributed by atoms with E-state index in [-0.39, 0.29) is 18.2 Å². The van der Waals surface area contributed by atoms with Gasteiger partial charge in [-0.25, -0.2) is 4.79 Å². The molecule has 3 aliphatic rings. The highest BCUT2D eigenvalue weighted by Gasteiger charge is 2.41. The maximum Gasteiger partial charge on any atom is 0.319 e. The Balaban J connectivity index is 1.35. The van der Waals surface area contributed by atoms with Crippen LogP contribution in [-0.4, -0.2) is 42.3 Å². The minimum Gasteiger partial charge on any atom is -0.373 e. The smallest absolute Gasteiger partial charge is 0.319 e. The molecular formula is C21H31N3O2. The van der Waals surface area contributed by atoms with Crippen LogP contribution < -0.4 is 10.6 Å². The summed E-state index contributed by atoms with van der Waals surface area (Å²) in [6, 6.07) is 8.87. The van der Waals surface area contributed by atoms with Crippen molar-refractivity contribution < 1.29 is 9.53 Å². The standard InChI is InChI=1S/C21H31N3O2/c1-24(16-8-3-2-4-9-16)14-15-7-5-6-10-18(15)22-21(25)23-19-13-17-11-12-20(19)26-17/h5-7,10,16-17,19-20H,2-4,8-9,11-14H2,1H3,(H2,22,23,25)/t17-,19-,20+/m1/s1. The van der Waals surface area contributed by atoms with Crippen molar-refractivity contribution in [2.45, 2.75) is 82.2 Å². The lowest BCUT2D eigenvalue weighted by Crippen LogP contribution is -2.43. The zero-order valence-corrected chi connectivity index (χ0v) is 15.7. The Morgan fingerprint density at radius 2 is 1.96 bits per heavy atom. The van der Waals surface area contributed by atoms with E-state index in [4.69, 9.17) is 4.74 Å². The largest absolute Gasteiger partial charge is 0.373 e. The van der Waals surface area contributed by atoms with Crippen molar-refractivity contribution in [3.63, 3.8) is 0 Å². The van der Waals surface area contributed by atoms with Gasteiger partial charge in [-0.2, -0.15) is 0 Å². The highest BCUT2D eigenvalue weighted by Crippen LogP contribution is 2.34. The summed E-state index contributed by atoms with van der Waals surface area (Å²) in [7, 11) is 2.21. The highest BCUT2D eigenvalue weighted by molar-refractivity contribution is 5.90. The topological polar surface area (TPSA) is 53.6 Å². The summed E-state index contributed by atoms with van der Waals surface area (Å²) in [6.07, 6.45) is 10.3. The number of benzene rings is 1. The molecule has 3 fully saturated rings. The van der Waals surface area contributed by atoms with E-state index in [0.717, 1.165) is 31.5 Å². The molecule has 2 amide bonds. The molecule has 142 valence electrons. The van der Waals surface area contributed by atoms with Crippen LogP contribution in [0.3, 0.4) is 0 Å². The molecule has 26 heavy (non-hydrogen) atoms. The lowest BCUT2D eigenvalue weighted by molar-refractivity contribution is 0.0984. The molecule has 2 bridgehead atoms. The predicted octanol–water partition coefficient (Wildman–Crippen LogP) is 3.89. The first-order valence-electron chi connectivity index (χ1n) is 10.2. The summed E-state index contributed by atoms with van der Waals surface area (Å²) in [4.78, 5) is 14.9. The van der Waals surface area contributed by atoms with Crippen LogP contribution in [0.1, 0.15) is 56.9 Å². The lowest BCUT2D eigenvalue weighted by atomic mass is 9.94. The fourth-order valence-corrected chi connectivity index (χ4v) is 4.82. The van der Waals surface area contributed by atoms with Crippen LogP contribution >= 0.6 is 0 Å². The van der Waals surface area contributed by atoms with Crippen molar-refractivity contribution in [1.29, 1.82) is 0 Å². The number of carbonyl (C=O) groups is 1. The quantitative estimate of drug-likeness (QED) is 0.840. The molecule has 2 heterocycles. The summed E-state index contributed by atoms with van der Waals surface area (Å²) in [6.45, 7) is 0.873. The molecule has 2 saturated heterocycles. The van der Waals surface area contributed by atoms with Gasteiger partial charge in [-0.15, -0.1) is 0 Å². The Morgan fingerprint density at radius 3 is 2.69 bits per heavy atom. The SMILES string of the molecule is CN(Cc1ccccc1NC(=O)N[C@@H]1C[C@H]2CC[C@@H]1O2)C1CCCCC1. The molecule has 0 aromatic heterocycles. The molecule has 4 rings (SSSR count). The number of anilines is 1. The number of fused-ring (bicyclic) bond motifs is 2. The van der Waals surface area contributed by atoms with Crippen molar-refractivity contribution in [1.82, 2.24) is 10.2 Å². The fraction of sp³-hybridized carbons (Fsp3) is 0.667. The second-order valence-corrected chi connectivity index (χ2v) is 8.18. The summed E-state index contributed by atoms with van der Waals surface area (Å²) in [5.41, 5.74) is 2.09. The van der Waals surface area contributed by atoms with Gasteiger partial charge in [0.25, 0.3) is 0 Å². The second kappa shape index (κ2) is 7.97. The monoisotopic (exact) mass is 357 g/mol. The van der Waals surface area contributed by atoms with Gasteiger partial charge >= 0.3 is 6.03 Å². The van der Waals surface area contributed by atoms with Crippen LogP contribution in [0.4, 0.5) is 10.5 Å². The van der Waals surface area contributed by atoms with Crippen molar-refractivity contribution >= 4 is 11.7 Å². The van der Waals surface area contributed by atoms with Crippen molar-refractivity contribution in [3.05, 3.63) is 29.8 Å². The normalized spacial score (nSPS) is 28.5. The average Bonchev–Trinajstić information content (AvgIpc) is 3.27. The van der Waals surface area contributed by atoms with E-state index in [1.54, 1.807) is 0 Å². The molecule has 1 aromatic carbocycles. The maximum atomic E-state index is 12.5. The summed E-state index contributed by atoms with van der Waals surface area (Å²) in [5, 5.41) is 6.19. The number of carbonyl (C=O) groups excluding carboxylic acids is 1. The number of ether oxygens (including phenoxy) is 1. The third kappa shape index (κ3) is 4.04. The molecule has 1 aliphatic carbocycles. The Morgan fingerprint density at radius 1 is 1.15 bits per heavy atom. The number of nitrogens with one attached hydrogen (secondary N) is 2. The summed E-state index contributed by atoms with van der Waals surface area (Å²) < 4.78 is 5.83. The van der Waals surface area contributed by atoms with Crippen molar-refractivity contribution in [3.8, 4) is 0 Å². The van der Waals surface area contributed by atoms with E-state index in [9.17, 15) is 4.79 Å². The van der Waals surface area contributed by atoms with Crippen LogP contribution in [-0.2, 0) is 11.3 Å². The van der Waals surface area contributed by atoms with Crippen LogP contribution in [0.25, 0.3) is 0 Å². The molecule has 1 saturated carbocycles. The van der Waals surface area contributed by atoms with Gasteiger partial charge in [0.05, 0.1) is 18.2 Å². The van der Waals surface area contributed by atoms with Crippen LogP contribution in [0, 0.1) is 0 Å². The van der Waals surface area contributed by atoms with Crippen LogP contribution in [0.5, 0.6) is 0 Å². The molecule has 0 unspecified atom stereocenters. The Hall–Kier alpha value is -1.59. The first-order chi connectivity index (χ1) is 12.7. The van der Waals surface area contributed by atoms with E-state index >= 15 is 0 Å². The zero-order chi connectivity index (χ0) is 17.9. The van der Waals surface area contributed by atoms with E-state index in [1.807, 2.05) is 12.1 Å². The number of hydrogen-bond donors (Lipinski definition) is 2. The van der Waals surface area contributed by atoms with Gasteiger partial charge in [0.2, 0.25) is 0 Å². The van der Waals surface area contributed by atoms with Gasteiger partial charge in [-0.3, -0.25) is 4.90 Å². The first-order valence-corrected chi connectivity index (χ1v) is 10.2. The van der Waals surface area contributed by atoms with Gasteiger partial charge in [0.1, 0.15) is 0 Å². The molecule has 5 nitrogen and oxygen atoms in total. The minimum atomic E-state index is -0.112. The molecule has 2 N–H and O–H groups in total.